The molecule has 0 aliphatic rings. The summed E-state index contributed by atoms with van der Waals surface area (Å²) in [6.45, 7) is 3.52. The number of carbonyl (C=O) groups excluding carboxylic acids is 1. The maximum Gasteiger partial charge on any atom is 0.167 e. The number of carbonyl (C=O) groups is 1. The molecule has 3 aromatic rings. The van der Waals surface area contributed by atoms with Crippen molar-refractivity contribution < 1.29 is 14.3 Å². The van der Waals surface area contributed by atoms with E-state index in [1.165, 1.54) is 12.5 Å². The number of aryl methyl sites for hydroxylation is 1. The van der Waals surface area contributed by atoms with E-state index in [1.807, 2.05) is 31.2 Å². The SMILES string of the molecule is COc1cc(OCC(C)=O)c(C)cc1SCc1ccc(-c2ccc(Cl)c(Cl)c2)cc1. The van der Waals surface area contributed by atoms with Gasteiger partial charge in [0.25, 0.3) is 0 Å². The summed E-state index contributed by atoms with van der Waals surface area (Å²) in [4.78, 5) is 12.2. The highest BCUT2D eigenvalue weighted by atomic mass is 35.5. The molecule has 156 valence electrons. The molecule has 0 unspecified atom stereocenters. The average Bonchev–Trinajstić information content (AvgIpc) is 2.73. The van der Waals surface area contributed by atoms with Gasteiger partial charge in [0.2, 0.25) is 0 Å². The Balaban J connectivity index is 1.71. The fourth-order valence-corrected chi connectivity index (χ4v) is 4.24. The Morgan fingerprint density at radius 3 is 2.27 bits per heavy atom. The van der Waals surface area contributed by atoms with Crippen LogP contribution in [0.2, 0.25) is 10.0 Å². The summed E-state index contributed by atoms with van der Waals surface area (Å²) in [6.07, 6.45) is 0. The number of methoxy groups -OCH3 is 1. The fraction of sp³-hybridized carbons (Fsp3) is 0.208. The molecule has 0 radical (unpaired) electrons. The summed E-state index contributed by atoms with van der Waals surface area (Å²) in [5.41, 5.74) is 4.28. The summed E-state index contributed by atoms with van der Waals surface area (Å²) < 4.78 is 11.1. The molecule has 3 rings (SSSR count). The lowest BCUT2D eigenvalue weighted by atomic mass is 10.0. The number of halogens is 2. The van der Waals surface area contributed by atoms with E-state index in [-0.39, 0.29) is 12.4 Å². The van der Waals surface area contributed by atoms with Crippen LogP contribution in [0.4, 0.5) is 0 Å². The van der Waals surface area contributed by atoms with Gasteiger partial charge in [0, 0.05) is 11.8 Å². The van der Waals surface area contributed by atoms with E-state index in [1.54, 1.807) is 24.9 Å². The van der Waals surface area contributed by atoms with Gasteiger partial charge in [0.1, 0.15) is 18.1 Å². The highest BCUT2D eigenvalue weighted by Gasteiger charge is 2.11. The normalized spacial score (nSPS) is 10.7. The monoisotopic (exact) mass is 460 g/mol. The summed E-state index contributed by atoms with van der Waals surface area (Å²) in [5.74, 6) is 2.18. The van der Waals surface area contributed by atoms with E-state index in [2.05, 4.69) is 24.3 Å². The van der Waals surface area contributed by atoms with Gasteiger partial charge in [-0.2, -0.15) is 0 Å². The van der Waals surface area contributed by atoms with Crippen LogP contribution in [0.25, 0.3) is 11.1 Å². The molecule has 3 nitrogen and oxygen atoms in total. The first-order chi connectivity index (χ1) is 14.4. The van der Waals surface area contributed by atoms with Crippen molar-refractivity contribution in [1.82, 2.24) is 0 Å². The topological polar surface area (TPSA) is 35.5 Å². The van der Waals surface area contributed by atoms with E-state index in [4.69, 9.17) is 32.7 Å². The molecular weight excluding hydrogens is 439 g/mol. The smallest absolute Gasteiger partial charge is 0.167 e. The zero-order valence-electron chi connectivity index (χ0n) is 17.0. The number of hydrogen-bond donors (Lipinski definition) is 0. The van der Waals surface area contributed by atoms with Crippen LogP contribution < -0.4 is 9.47 Å². The van der Waals surface area contributed by atoms with Gasteiger partial charge in [0.05, 0.1) is 22.1 Å². The second-order valence-electron chi connectivity index (χ2n) is 6.87. The predicted octanol–water partition coefficient (Wildman–Crippen LogP) is 7.24. The van der Waals surface area contributed by atoms with Crippen LogP contribution in [0.1, 0.15) is 18.1 Å². The fourth-order valence-electron chi connectivity index (χ4n) is 2.88. The van der Waals surface area contributed by atoms with Gasteiger partial charge < -0.3 is 9.47 Å². The minimum absolute atomic E-state index is 0.0175. The van der Waals surface area contributed by atoms with E-state index in [0.29, 0.717) is 15.8 Å². The van der Waals surface area contributed by atoms with Gasteiger partial charge in [-0.3, -0.25) is 4.79 Å². The number of Topliss-reactive ketones (excluding diaryl/α,β-unsaturated/α-hetero) is 1. The minimum atomic E-state index is -0.0175. The molecule has 0 aromatic heterocycles. The van der Waals surface area contributed by atoms with Crippen LogP contribution in [0.15, 0.2) is 59.5 Å². The van der Waals surface area contributed by atoms with E-state index < -0.39 is 0 Å². The molecule has 6 heteroatoms. The lowest BCUT2D eigenvalue weighted by Gasteiger charge is -2.14. The first kappa shape index (κ1) is 22.5. The van der Waals surface area contributed by atoms with Crippen molar-refractivity contribution in [1.29, 1.82) is 0 Å². The van der Waals surface area contributed by atoms with Crippen LogP contribution in [0, 0.1) is 6.92 Å². The van der Waals surface area contributed by atoms with Crippen molar-refractivity contribution in [3.8, 4) is 22.6 Å². The summed E-state index contributed by atoms with van der Waals surface area (Å²) in [5, 5.41) is 1.10. The first-order valence-corrected chi connectivity index (χ1v) is 11.1. The Morgan fingerprint density at radius 1 is 0.933 bits per heavy atom. The Labute approximate surface area is 191 Å². The third-order valence-corrected chi connectivity index (χ3v) is 6.34. The Bertz CT molecular complexity index is 1050. The molecule has 0 bridgehead atoms. The van der Waals surface area contributed by atoms with Gasteiger partial charge >= 0.3 is 0 Å². The predicted molar refractivity (Wildman–Crippen MR) is 125 cm³/mol. The Hall–Kier alpha value is -2.14. The number of ether oxygens (including phenoxy) is 2. The maximum atomic E-state index is 11.2. The highest BCUT2D eigenvalue weighted by Crippen LogP contribution is 2.37. The maximum absolute atomic E-state index is 11.2. The van der Waals surface area contributed by atoms with Crippen LogP contribution in [-0.2, 0) is 10.5 Å². The van der Waals surface area contributed by atoms with Crippen molar-refractivity contribution in [3.63, 3.8) is 0 Å². The summed E-state index contributed by atoms with van der Waals surface area (Å²) in [6, 6.07) is 17.9. The van der Waals surface area contributed by atoms with E-state index in [9.17, 15) is 4.79 Å². The second-order valence-corrected chi connectivity index (χ2v) is 8.71. The van der Waals surface area contributed by atoms with E-state index >= 15 is 0 Å². The molecule has 0 aliphatic heterocycles. The first-order valence-electron chi connectivity index (χ1n) is 9.35. The lowest BCUT2D eigenvalue weighted by Crippen LogP contribution is -2.07. The average molecular weight is 461 g/mol. The van der Waals surface area contributed by atoms with Crippen molar-refractivity contribution in [2.45, 2.75) is 24.5 Å². The third kappa shape index (κ3) is 5.72. The van der Waals surface area contributed by atoms with Crippen molar-refractivity contribution in [3.05, 3.63) is 75.8 Å². The second kappa shape index (κ2) is 10.3. The minimum Gasteiger partial charge on any atom is -0.495 e. The van der Waals surface area contributed by atoms with Gasteiger partial charge in [-0.1, -0.05) is 53.5 Å². The molecule has 30 heavy (non-hydrogen) atoms. The van der Waals surface area contributed by atoms with Crippen LogP contribution >= 0.6 is 35.0 Å². The molecular formula is C24H22Cl2O3S. The Morgan fingerprint density at radius 2 is 1.63 bits per heavy atom. The molecule has 3 aromatic carbocycles. The van der Waals surface area contributed by atoms with Crippen molar-refractivity contribution >= 4 is 40.7 Å². The van der Waals surface area contributed by atoms with Gasteiger partial charge in [-0.05, 0) is 54.3 Å². The van der Waals surface area contributed by atoms with Crippen LogP contribution in [-0.4, -0.2) is 19.5 Å². The van der Waals surface area contributed by atoms with Crippen LogP contribution in [0.3, 0.4) is 0 Å². The van der Waals surface area contributed by atoms with Crippen molar-refractivity contribution in [2.75, 3.05) is 13.7 Å². The molecule has 0 N–H and O–H groups in total. The van der Waals surface area contributed by atoms with Crippen molar-refractivity contribution in [2.24, 2.45) is 0 Å². The van der Waals surface area contributed by atoms with Gasteiger partial charge in [-0.25, -0.2) is 0 Å². The number of thioether (sulfide) groups is 1. The Kier molecular flexibility index (Phi) is 7.70. The summed E-state index contributed by atoms with van der Waals surface area (Å²) >= 11 is 13.8. The van der Waals surface area contributed by atoms with Gasteiger partial charge in [0.15, 0.2) is 5.78 Å². The molecule has 0 saturated carbocycles. The largest absolute Gasteiger partial charge is 0.495 e. The summed E-state index contributed by atoms with van der Waals surface area (Å²) in [7, 11) is 1.63. The number of rotatable bonds is 8. The van der Waals surface area contributed by atoms with Crippen LogP contribution in [0.5, 0.6) is 11.5 Å². The molecule has 0 spiro atoms. The number of ketones is 1. The third-order valence-electron chi connectivity index (χ3n) is 4.49. The zero-order valence-corrected chi connectivity index (χ0v) is 19.3. The number of benzene rings is 3. The molecule has 0 saturated heterocycles. The zero-order chi connectivity index (χ0) is 21.7. The molecule has 0 amide bonds. The molecule has 0 atom stereocenters. The highest BCUT2D eigenvalue weighted by molar-refractivity contribution is 7.98. The number of hydrogen-bond acceptors (Lipinski definition) is 4. The molecule has 0 aliphatic carbocycles. The van der Waals surface area contributed by atoms with E-state index in [0.717, 1.165) is 33.1 Å². The molecule has 0 fully saturated rings. The molecule has 0 heterocycles. The quantitative estimate of drug-likeness (QED) is 0.331. The van der Waals surface area contributed by atoms with Gasteiger partial charge in [-0.15, -0.1) is 11.8 Å². The lowest BCUT2D eigenvalue weighted by molar-refractivity contribution is -0.118. The standard InChI is InChI=1S/C24H22Cl2O3S/c1-15-10-24(23(28-3)12-22(15)29-13-16(2)27)30-14-17-4-6-18(7-5-17)19-8-9-20(25)21(26)11-19/h4-12H,13-14H2,1-3H3.